The van der Waals surface area contributed by atoms with Gasteiger partial charge in [0, 0.05) is 12.1 Å². The number of phenolic OH excluding ortho intramolecular Hbond substituents is 1. The second-order valence-corrected chi connectivity index (χ2v) is 2.99. The van der Waals surface area contributed by atoms with Crippen LogP contribution in [0.2, 0.25) is 10.0 Å². The highest BCUT2D eigenvalue weighted by molar-refractivity contribution is 6.37. The van der Waals surface area contributed by atoms with Gasteiger partial charge in [0.15, 0.2) is 5.75 Å². The summed E-state index contributed by atoms with van der Waals surface area (Å²) in [5.74, 6) is 0.451. The molecule has 1 rings (SSSR count). The number of benzene rings is 1. The summed E-state index contributed by atoms with van der Waals surface area (Å²) >= 11 is 11.5. The van der Waals surface area contributed by atoms with Gasteiger partial charge in [-0.1, -0.05) is 23.2 Å². The molecule has 0 aliphatic carbocycles. The lowest BCUT2D eigenvalue weighted by Crippen LogP contribution is -1.92. The first-order valence-corrected chi connectivity index (χ1v) is 4.21. The van der Waals surface area contributed by atoms with E-state index in [2.05, 4.69) is 0 Å². The zero-order chi connectivity index (χ0) is 9.14. The molecule has 0 aliphatic rings. The number of ether oxygens (including phenoxy) is 1. The van der Waals surface area contributed by atoms with Crippen molar-refractivity contribution in [2.45, 2.75) is 6.92 Å². The fourth-order valence-electron chi connectivity index (χ4n) is 0.829. The Balaban J connectivity index is 3.10. The first kappa shape index (κ1) is 9.49. The van der Waals surface area contributed by atoms with Gasteiger partial charge in [-0.3, -0.25) is 0 Å². The monoisotopic (exact) mass is 206 g/mol. The normalized spacial score (nSPS) is 9.92. The van der Waals surface area contributed by atoms with Crippen molar-refractivity contribution in [2.24, 2.45) is 0 Å². The third kappa shape index (κ3) is 1.96. The van der Waals surface area contributed by atoms with Crippen LogP contribution >= 0.6 is 23.2 Å². The zero-order valence-electron chi connectivity index (χ0n) is 6.47. The molecular weight excluding hydrogens is 199 g/mol. The Kier molecular flexibility index (Phi) is 3.06. The van der Waals surface area contributed by atoms with E-state index >= 15 is 0 Å². The molecule has 12 heavy (non-hydrogen) atoms. The van der Waals surface area contributed by atoms with E-state index in [0.717, 1.165) is 0 Å². The third-order valence-electron chi connectivity index (χ3n) is 1.27. The number of phenols is 1. The summed E-state index contributed by atoms with van der Waals surface area (Å²) in [6, 6.07) is 2.77. The third-order valence-corrected chi connectivity index (χ3v) is 1.83. The second kappa shape index (κ2) is 3.87. The molecule has 0 amide bonds. The number of halogens is 2. The summed E-state index contributed by atoms with van der Waals surface area (Å²) < 4.78 is 5.15. The van der Waals surface area contributed by atoms with Crippen LogP contribution in [0.5, 0.6) is 11.5 Å². The first-order chi connectivity index (χ1) is 5.65. The first-order valence-electron chi connectivity index (χ1n) is 3.46. The van der Waals surface area contributed by atoms with E-state index in [4.69, 9.17) is 33.0 Å². The fourth-order valence-corrected chi connectivity index (χ4v) is 1.41. The van der Waals surface area contributed by atoms with Crippen molar-refractivity contribution in [3.05, 3.63) is 22.2 Å². The van der Waals surface area contributed by atoms with Gasteiger partial charge in [-0.2, -0.15) is 0 Å². The summed E-state index contributed by atoms with van der Waals surface area (Å²) in [5.41, 5.74) is 0. The van der Waals surface area contributed by atoms with E-state index < -0.39 is 0 Å². The molecule has 66 valence electrons. The maximum atomic E-state index is 9.06. The van der Waals surface area contributed by atoms with Crippen LogP contribution in [0.4, 0.5) is 0 Å². The van der Waals surface area contributed by atoms with Crippen LogP contribution < -0.4 is 4.74 Å². The molecule has 1 aromatic rings. The minimum atomic E-state index is 0.0356. The average Bonchev–Trinajstić information content (AvgIpc) is 1.96. The van der Waals surface area contributed by atoms with Gasteiger partial charge in [-0.05, 0) is 6.92 Å². The highest BCUT2D eigenvalue weighted by Gasteiger charge is 2.07. The van der Waals surface area contributed by atoms with Gasteiger partial charge in [-0.15, -0.1) is 0 Å². The fraction of sp³-hybridized carbons (Fsp3) is 0.250. The van der Waals surface area contributed by atoms with Crippen LogP contribution in [0.25, 0.3) is 0 Å². The standard InChI is InChI=1S/C8H8Cl2O2/c1-2-12-8-6(9)3-5(11)4-7(8)10/h3-4,11H,2H2,1H3. The Morgan fingerprint density at radius 1 is 1.33 bits per heavy atom. The van der Waals surface area contributed by atoms with E-state index in [9.17, 15) is 0 Å². The van der Waals surface area contributed by atoms with Gasteiger partial charge in [0.1, 0.15) is 5.75 Å². The summed E-state index contributed by atoms with van der Waals surface area (Å²) in [6.45, 7) is 2.32. The quantitative estimate of drug-likeness (QED) is 0.807. The predicted molar refractivity (Wildman–Crippen MR) is 49.3 cm³/mol. The molecule has 0 heterocycles. The average molecular weight is 207 g/mol. The molecule has 0 unspecified atom stereocenters. The van der Waals surface area contributed by atoms with Crippen LogP contribution in [0.3, 0.4) is 0 Å². The predicted octanol–water partition coefficient (Wildman–Crippen LogP) is 3.10. The number of hydrogen-bond donors (Lipinski definition) is 1. The van der Waals surface area contributed by atoms with Crippen molar-refractivity contribution in [3.8, 4) is 11.5 Å². The molecule has 0 fully saturated rings. The topological polar surface area (TPSA) is 29.5 Å². The minimum absolute atomic E-state index is 0.0356. The Hall–Kier alpha value is -0.600. The summed E-state index contributed by atoms with van der Waals surface area (Å²) in [4.78, 5) is 0. The van der Waals surface area contributed by atoms with E-state index in [0.29, 0.717) is 22.4 Å². The molecule has 0 aliphatic heterocycles. The molecule has 0 saturated carbocycles. The van der Waals surface area contributed by atoms with Crippen molar-refractivity contribution in [1.82, 2.24) is 0 Å². The minimum Gasteiger partial charge on any atom is -0.508 e. The van der Waals surface area contributed by atoms with Crippen LogP contribution in [0.1, 0.15) is 6.92 Å². The molecule has 2 nitrogen and oxygen atoms in total. The number of hydrogen-bond acceptors (Lipinski definition) is 2. The van der Waals surface area contributed by atoms with Gasteiger partial charge >= 0.3 is 0 Å². The Morgan fingerprint density at radius 2 is 1.83 bits per heavy atom. The Morgan fingerprint density at radius 3 is 2.25 bits per heavy atom. The Bertz CT molecular complexity index is 263. The molecule has 0 atom stereocenters. The van der Waals surface area contributed by atoms with Crippen LogP contribution in [0.15, 0.2) is 12.1 Å². The van der Waals surface area contributed by atoms with Crippen molar-refractivity contribution >= 4 is 23.2 Å². The molecule has 0 saturated heterocycles. The van der Waals surface area contributed by atoms with Gasteiger partial charge in [0.2, 0.25) is 0 Å². The molecule has 0 bridgehead atoms. The maximum absolute atomic E-state index is 9.06. The Labute approximate surface area is 80.7 Å². The lowest BCUT2D eigenvalue weighted by atomic mass is 10.3. The SMILES string of the molecule is CCOc1c(Cl)cc(O)cc1Cl. The molecule has 0 spiro atoms. The molecule has 0 radical (unpaired) electrons. The summed E-state index contributed by atoms with van der Waals surface area (Å²) in [7, 11) is 0. The molecule has 0 aromatic heterocycles. The number of rotatable bonds is 2. The second-order valence-electron chi connectivity index (χ2n) is 2.17. The van der Waals surface area contributed by atoms with Crippen molar-refractivity contribution < 1.29 is 9.84 Å². The van der Waals surface area contributed by atoms with Gasteiger partial charge in [0.25, 0.3) is 0 Å². The highest BCUT2D eigenvalue weighted by atomic mass is 35.5. The van der Waals surface area contributed by atoms with Crippen molar-refractivity contribution in [3.63, 3.8) is 0 Å². The molecular formula is C8H8Cl2O2. The molecule has 1 N–H and O–H groups in total. The largest absolute Gasteiger partial charge is 0.508 e. The van der Waals surface area contributed by atoms with E-state index in [-0.39, 0.29) is 5.75 Å². The van der Waals surface area contributed by atoms with Gasteiger partial charge in [0.05, 0.1) is 16.7 Å². The zero-order valence-corrected chi connectivity index (χ0v) is 7.99. The molecule has 4 heteroatoms. The van der Waals surface area contributed by atoms with Crippen molar-refractivity contribution in [2.75, 3.05) is 6.61 Å². The molecule has 1 aromatic carbocycles. The summed E-state index contributed by atoms with van der Waals surface area (Å²) in [6.07, 6.45) is 0. The lowest BCUT2D eigenvalue weighted by molar-refractivity contribution is 0.340. The van der Waals surface area contributed by atoms with E-state index in [1.54, 1.807) is 0 Å². The number of aromatic hydroxyl groups is 1. The van der Waals surface area contributed by atoms with Crippen molar-refractivity contribution in [1.29, 1.82) is 0 Å². The van der Waals surface area contributed by atoms with Gasteiger partial charge in [-0.25, -0.2) is 0 Å². The highest BCUT2D eigenvalue weighted by Crippen LogP contribution is 2.36. The smallest absolute Gasteiger partial charge is 0.156 e. The van der Waals surface area contributed by atoms with E-state index in [1.165, 1.54) is 12.1 Å². The van der Waals surface area contributed by atoms with Gasteiger partial charge < -0.3 is 9.84 Å². The maximum Gasteiger partial charge on any atom is 0.156 e. The summed E-state index contributed by atoms with van der Waals surface area (Å²) in [5, 5.41) is 9.70. The lowest BCUT2D eigenvalue weighted by Gasteiger charge is -2.07. The van der Waals surface area contributed by atoms with Crippen LogP contribution in [0, 0.1) is 0 Å². The van der Waals surface area contributed by atoms with Crippen LogP contribution in [-0.4, -0.2) is 11.7 Å². The van der Waals surface area contributed by atoms with E-state index in [1.807, 2.05) is 6.92 Å². The van der Waals surface area contributed by atoms with Crippen LogP contribution in [-0.2, 0) is 0 Å².